The predicted octanol–water partition coefficient (Wildman–Crippen LogP) is 1.72. The maximum atomic E-state index is 12.2. The van der Waals surface area contributed by atoms with Crippen LogP contribution in [0, 0.1) is 0 Å². The monoisotopic (exact) mass is 402 g/mol. The van der Waals surface area contributed by atoms with E-state index in [1.54, 1.807) is 11.8 Å². The fourth-order valence-electron chi connectivity index (χ4n) is 3.92. The van der Waals surface area contributed by atoms with Crippen molar-refractivity contribution in [3.63, 3.8) is 0 Å². The number of nitrogens with two attached hydrogens (primary N) is 1. The second-order valence-corrected chi connectivity index (χ2v) is 8.72. The molecule has 0 saturated carbocycles. The summed E-state index contributed by atoms with van der Waals surface area (Å²) in [5.74, 6) is 2.95. The van der Waals surface area contributed by atoms with Crippen molar-refractivity contribution in [3.05, 3.63) is 24.3 Å². The normalized spacial score (nSPS) is 19.5. The summed E-state index contributed by atoms with van der Waals surface area (Å²) in [5.41, 5.74) is 8.22. The summed E-state index contributed by atoms with van der Waals surface area (Å²) in [7, 11) is 0. The number of rotatable bonds is 7. The highest BCUT2D eigenvalue weighted by Gasteiger charge is 2.24. The Morgan fingerprint density at radius 3 is 2.75 bits per heavy atom. The molecule has 3 heterocycles. The van der Waals surface area contributed by atoms with Crippen LogP contribution in [0.1, 0.15) is 19.3 Å². The Morgan fingerprint density at radius 2 is 2.00 bits per heavy atom. The third-order valence-corrected chi connectivity index (χ3v) is 6.64. The van der Waals surface area contributed by atoms with Crippen molar-refractivity contribution in [1.29, 1.82) is 0 Å². The number of aromatic amines is 1. The van der Waals surface area contributed by atoms with Gasteiger partial charge in [-0.1, -0.05) is 18.6 Å². The first kappa shape index (κ1) is 19.5. The number of hydrogen-bond donors (Lipinski definition) is 2. The fraction of sp³-hybridized carbons (Fsp3) is 0.600. The van der Waals surface area contributed by atoms with Crippen LogP contribution in [0.5, 0.6) is 0 Å². The SMILES string of the molecule is N[C@@H](CCCCN1CCN(c2nc3ccccc3[nH]2)CC1)C(=O)N1CCSC1. The molecular formula is C20H30N6OS. The number of hydrogen-bond acceptors (Lipinski definition) is 6. The van der Waals surface area contributed by atoms with Crippen LogP contribution in [0.25, 0.3) is 11.0 Å². The van der Waals surface area contributed by atoms with Gasteiger partial charge in [0.2, 0.25) is 11.9 Å². The molecule has 0 spiro atoms. The van der Waals surface area contributed by atoms with E-state index >= 15 is 0 Å². The minimum atomic E-state index is -0.330. The molecule has 2 aliphatic rings. The van der Waals surface area contributed by atoms with Gasteiger partial charge in [-0.25, -0.2) is 4.98 Å². The minimum absolute atomic E-state index is 0.129. The van der Waals surface area contributed by atoms with Gasteiger partial charge in [-0.05, 0) is 31.5 Å². The first-order chi connectivity index (χ1) is 13.7. The van der Waals surface area contributed by atoms with Crippen LogP contribution in [0.15, 0.2) is 24.3 Å². The van der Waals surface area contributed by atoms with E-state index in [0.717, 1.165) is 87.1 Å². The Bertz CT molecular complexity index is 749. The Hall–Kier alpha value is -1.77. The smallest absolute Gasteiger partial charge is 0.240 e. The first-order valence-electron chi connectivity index (χ1n) is 10.2. The summed E-state index contributed by atoms with van der Waals surface area (Å²) >= 11 is 1.81. The number of nitrogens with zero attached hydrogens (tertiary/aromatic N) is 4. The molecule has 2 aromatic rings. The van der Waals surface area contributed by atoms with Crippen molar-refractivity contribution in [2.45, 2.75) is 25.3 Å². The van der Waals surface area contributed by atoms with Crippen LogP contribution < -0.4 is 10.6 Å². The molecule has 0 bridgehead atoms. The summed E-state index contributed by atoms with van der Waals surface area (Å²) < 4.78 is 0. The molecule has 7 nitrogen and oxygen atoms in total. The number of nitrogens with one attached hydrogen (secondary N) is 1. The van der Waals surface area contributed by atoms with E-state index in [1.165, 1.54) is 0 Å². The topological polar surface area (TPSA) is 81.5 Å². The average molecular weight is 403 g/mol. The van der Waals surface area contributed by atoms with E-state index in [1.807, 2.05) is 23.1 Å². The molecule has 1 aromatic carbocycles. The molecule has 0 radical (unpaired) electrons. The van der Waals surface area contributed by atoms with Crippen LogP contribution >= 0.6 is 11.8 Å². The number of anilines is 1. The second kappa shape index (κ2) is 9.15. The molecule has 1 aromatic heterocycles. The minimum Gasteiger partial charge on any atom is -0.340 e. The molecule has 2 saturated heterocycles. The van der Waals surface area contributed by atoms with Crippen LogP contribution in [0.3, 0.4) is 0 Å². The Balaban J connectivity index is 1.15. The highest BCUT2D eigenvalue weighted by Crippen LogP contribution is 2.19. The number of benzene rings is 1. The third-order valence-electron chi connectivity index (χ3n) is 5.67. The van der Waals surface area contributed by atoms with E-state index in [4.69, 9.17) is 10.7 Å². The standard InChI is InChI=1S/C20H30N6OS/c21-16(19(27)26-13-14-28-15-26)5-3-4-8-24-9-11-25(12-10-24)20-22-17-6-1-2-7-18(17)23-20/h1-2,6-7,16H,3-5,8-15,21H2,(H,22,23)/t16-/m0/s1. The molecule has 1 atom stereocenters. The second-order valence-electron chi connectivity index (χ2n) is 7.65. The maximum absolute atomic E-state index is 12.2. The number of unbranched alkanes of at least 4 members (excludes halogenated alkanes) is 1. The third kappa shape index (κ3) is 4.61. The van der Waals surface area contributed by atoms with Gasteiger partial charge in [0.15, 0.2) is 0 Å². The molecular weight excluding hydrogens is 372 g/mol. The van der Waals surface area contributed by atoms with Crippen molar-refractivity contribution >= 4 is 34.7 Å². The summed E-state index contributed by atoms with van der Waals surface area (Å²) in [6.45, 7) is 6.01. The molecule has 152 valence electrons. The molecule has 28 heavy (non-hydrogen) atoms. The number of fused-ring (bicyclic) bond motifs is 1. The average Bonchev–Trinajstić information content (AvgIpc) is 3.40. The quantitative estimate of drug-likeness (QED) is 0.687. The Morgan fingerprint density at radius 1 is 1.18 bits per heavy atom. The van der Waals surface area contributed by atoms with Crippen molar-refractivity contribution in [2.75, 3.05) is 55.8 Å². The van der Waals surface area contributed by atoms with Gasteiger partial charge in [-0.2, -0.15) is 0 Å². The summed E-state index contributed by atoms with van der Waals surface area (Å²) in [5, 5.41) is 0. The van der Waals surface area contributed by atoms with Crippen LogP contribution in [0.2, 0.25) is 0 Å². The van der Waals surface area contributed by atoms with Crippen LogP contribution in [0.4, 0.5) is 5.95 Å². The van der Waals surface area contributed by atoms with Gasteiger partial charge in [0.1, 0.15) is 0 Å². The van der Waals surface area contributed by atoms with E-state index < -0.39 is 0 Å². The molecule has 2 fully saturated rings. The van der Waals surface area contributed by atoms with Crippen LogP contribution in [-0.4, -0.2) is 82.6 Å². The number of para-hydroxylation sites is 2. The number of carbonyl (C=O) groups is 1. The van der Waals surface area contributed by atoms with Gasteiger partial charge in [-0.15, -0.1) is 11.8 Å². The lowest BCUT2D eigenvalue weighted by Gasteiger charge is -2.34. The Kier molecular flexibility index (Phi) is 6.39. The number of thioether (sulfide) groups is 1. The lowest BCUT2D eigenvalue weighted by Crippen LogP contribution is -2.47. The maximum Gasteiger partial charge on any atom is 0.240 e. The lowest BCUT2D eigenvalue weighted by atomic mass is 10.1. The van der Waals surface area contributed by atoms with Gasteiger partial charge < -0.3 is 20.5 Å². The highest BCUT2D eigenvalue weighted by atomic mass is 32.2. The van der Waals surface area contributed by atoms with Gasteiger partial charge in [-0.3, -0.25) is 9.69 Å². The molecule has 3 N–H and O–H groups in total. The highest BCUT2D eigenvalue weighted by molar-refractivity contribution is 7.99. The van der Waals surface area contributed by atoms with E-state index in [9.17, 15) is 4.79 Å². The Labute approximate surface area is 170 Å². The lowest BCUT2D eigenvalue weighted by molar-refractivity contribution is -0.131. The van der Waals surface area contributed by atoms with Crippen molar-refractivity contribution in [2.24, 2.45) is 5.73 Å². The molecule has 4 rings (SSSR count). The van der Waals surface area contributed by atoms with Gasteiger partial charge in [0.05, 0.1) is 23.0 Å². The molecule has 2 aliphatic heterocycles. The van der Waals surface area contributed by atoms with E-state index in [0.29, 0.717) is 0 Å². The van der Waals surface area contributed by atoms with Crippen molar-refractivity contribution in [3.8, 4) is 0 Å². The summed E-state index contributed by atoms with van der Waals surface area (Å²) in [6, 6.07) is 7.84. The van der Waals surface area contributed by atoms with Crippen molar-refractivity contribution in [1.82, 2.24) is 19.8 Å². The van der Waals surface area contributed by atoms with Crippen LogP contribution in [-0.2, 0) is 4.79 Å². The fourth-order valence-corrected chi connectivity index (χ4v) is 4.87. The first-order valence-corrected chi connectivity index (χ1v) is 11.4. The molecule has 1 amide bonds. The number of aromatic nitrogens is 2. The number of carbonyl (C=O) groups excluding carboxylic acids is 1. The zero-order valence-electron chi connectivity index (χ0n) is 16.3. The predicted molar refractivity (Wildman–Crippen MR) is 116 cm³/mol. The number of H-pyrrole nitrogens is 1. The zero-order chi connectivity index (χ0) is 19.3. The van der Waals surface area contributed by atoms with Gasteiger partial charge in [0, 0.05) is 38.5 Å². The molecule has 8 heteroatoms. The largest absolute Gasteiger partial charge is 0.340 e. The number of imidazole rings is 1. The zero-order valence-corrected chi connectivity index (χ0v) is 17.2. The number of piperazine rings is 1. The summed E-state index contributed by atoms with van der Waals surface area (Å²) in [4.78, 5) is 27.1. The van der Waals surface area contributed by atoms with Crippen molar-refractivity contribution < 1.29 is 4.79 Å². The van der Waals surface area contributed by atoms with Gasteiger partial charge in [0.25, 0.3) is 0 Å². The van der Waals surface area contributed by atoms with Gasteiger partial charge >= 0.3 is 0 Å². The molecule has 0 unspecified atom stereocenters. The molecule has 0 aliphatic carbocycles. The van der Waals surface area contributed by atoms with E-state index in [2.05, 4.69) is 20.9 Å². The summed E-state index contributed by atoms with van der Waals surface area (Å²) in [6.07, 6.45) is 2.90. The van der Waals surface area contributed by atoms with E-state index in [-0.39, 0.29) is 11.9 Å². The number of amides is 1.